The zero-order valence-electron chi connectivity index (χ0n) is 21.3. The van der Waals surface area contributed by atoms with Crippen molar-refractivity contribution in [3.63, 3.8) is 0 Å². The minimum absolute atomic E-state index is 0.0200. The first-order valence-electron chi connectivity index (χ1n) is 11.5. The highest BCUT2D eigenvalue weighted by molar-refractivity contribution is 7.87. The lowest BCUT2D eigenvalue weighted by Gasteiger charge is -2.37. The molecule has 0 saturated heterocycles. The minimum atomic E-state index is -5.77. The fraction of sp³-hybridized carbons (Fsp3) is 0.652. The number of methoxy groups -OCH3 is 1. The lowest BCUT2D eigenvalue weighted by atomic mass is 9.81. The minimum Gasteiger partial charge on any atom is -0.465 e. The van der Waals surface area contributed by atoms with E-state index in [1.807, 2.05) is 0 Å². The molecule has 204 valence electrons. The van der Waals surface area contributed by atoms with E-state index in [9.17, 15) is 31.2 Å². The fourth-order valence-corrected chi connectivity index (χ4v) is 5.14. The van der Waals surface area contributed by atoms with Gasteiger partial charge in [0.1, 0.15) is 0 Å². The van der Waals surface area contributed by atoms with Crippen LogP contribution >= 0.6 is 0 Å². The molecule has 0 saturated carbocycles. The molecular weight excluding hydrogens is 519 g/mol. The number of nitrogens with one attached hydrogen (secondary N) is 1. The predicted molar refractivity (Wildman–Crippen MR) is 131 cm³/mol. The van der Waals surface area contributed by atoms with Crippen LogP contribution in [0.3, 0.4) is 0 Å². The molecule has 13 heteroatoms. The summed E-state index contributed by atoms with van der Waals surface area (Å²) in [5, 5.41) is 3.24. The van der Waals surface area contributed by atoms with Crippen molar-refractivity contribution in [3.8, 4) is 0 Å². The van der Waals surface area contributed by atoms with Crippen LogP contribution in [0.25, 0.3) is 0 Å². The molecule has 2 atom stereocenters. The molecule has 0 aliphatic carbocycles. The topological polar surface area (TPSA) is 108 Å². The average molecular weight is 554 g/mol. The van der Waals surface area contributed by atoms with Crippen LogP contribution in [-0.2, 0) is 23.5 Å². The number of esters is 1. The number of benzene rings is 1. The smallest absolute Gasteiger partial charge is 0.465 e. The molecule has 0 unspecified atom stereocenters. The summed E-state index contributed by atoms with van der Waals surface area (Å²) in [6.45, 7) is 10.2. The predicted octanol–water partition coefficient (Wildman–Crippen LogP) is 5.12. The van der Waals surface area contributed by atoms with E-state index in [4.69, 9.17) is 4.43 Å². The van der Waals surface area contributed by atoms with Crippen LogP contribution in [0.2, 0.25) is 18.1 Å². The summed E-state index contributed by atoms with van der Waals surface area (Å²) in [6, 6.07) is 3.93. The Labute approximate surface area is 211 Å². The van der Waals surface area contributed by atoms with E-state index in [0.717, 1.165) is 0 Å². The summed E-state index contributed by atoms with van der Waals surface area (Å²) in [7, 11) is -6.56. The Kier molecular flexibility index (Phi) is 9.41. The maximum absolute atomic E-state index is 13.3. The van der Waals surface area contributed by atoms with Gasteiger partial charge in [0.2, 0.25) is 0 Å². The van der Waals surface area contributed by atoms with Gasteiger partial charge in [-0.2, -0.15) is 21.6 Å². The number of hydrogen-bond acceptors (Lipinski definition) is 8. The van der Waals surface area contributed by atoms with Crippen molar-refractivity contribution in [2.45, 2.75) is 69.7 Å². The number of carbonyl (C=O) groups is 2. The molecule has 1 aromatic rings. The quantitative estimate of drug-likeness (QED) is 0.140. The summed E-state index contributed by atoms with van der Waals surface area (Å²) in [4.78, 5) is 25.2. The number of ether oxygens (including phenoxy) is 1. The lowest BCUT2D eigenvalue weighted by Crippen LogP contribution is -2.42. The third-order valence-corrected chi connectivity index (χ3v) is 12.3. The van der Waals surface area contributed by atoms with Crippen molar-refractivity contribution in [2.75, 3.05) is 25.6 Å². The second-order valence-corrected chi connectivity index (χ2v) is 16.7. The maximum atomic E-state index is 13.3. The Morgan fingerprint density at radius 3 is 2.31 bits per heavy atom. The molecule has 0 bridgehead atoms. The van der Waals surface area contributed by atoms with Gasteiger partial charge in [-0.05, 0) is 55.6 Å². The number of ketones is 1. The summed E-state index contributed by atoms with van der Waals surface area (Å²) in [5.41, 5.74) is -4.76. The SMILES string of the molecule is COC(=O)c1ccc2c(c1)C(=O)[C@@H](CCOS(=O)(=O)C(F)(F)F)[C@H](CCCO[Si](C)(C)C(C)(C)C)N2. The largest absolute Gasteiger partial charge is 0.523 e. The van der Waals surface area contributed by atoms with Crippen LogP contribution in [0.5, 0.6) is 0 Å². The number of fused-ring (bicyclic) bond motifs is 1. The molecule has 0 aromatic heterocycles. The summed E-state index contributed by atoms with van der Waals surface area (Å²) in [5.74, 6) is -1.94. The monoisotopic (exact) mass is 553 g/mol. The number of rotatable bonds is 10. The number of alkyl halides is 3. The Morgan fingerprint density at radius 2 is 1.75 bits per heavy atom. The van der Waals surface area contributed by atoms with Crippen LogP contribution in [0, 0.1) is 5.92 Å². The highest BCUT2D eigenvalue weighted by Crippen LogP contribution is 2.37. The zero-order valence-corrected chi connectivity index (χ0v) is 23.1. The van der Waals surface area contributed by atoms with Gasteiger partial charge in [0.05, 0.1) is 19.3 Å². The molecule has 0 radical (unpaired) electrons. The van der Waals surface area contributed by atoms with Crippen molar-refractivity contribution < 1.29 is 44.5 Å². The van der Waals surface area contributed by atoms with Gasteiger partial charge in [-0.15, -0.1) is 0 Å². The third kappa shape index (κ3) is 7.08. The van der Waals surface area contributed by atoms with Crippen molar-refractivity contribution in [3.05, 3.63) is 29.3 Å². The third-order valence-electron chi connectivity index (χ3n) is 6.75. The number of halogens is 3. The molecule has 0 amide bonds. The van der Waals surface area contributed by atoms with Gasteiger partial charge < -0.3 is 14.5 Å². The van der Waals surface area contributed by atoms with E-state index < -0.39 is 54.3 Å². The van der Waals surface area contributed by atoms with E-state index in [-0.39, 0.29) is 22.6 Å². The highest BCUT2D eigenvalue weighted by Gasteiger charge is 2.47. The van der Waals surface area contributed by atoms with E-state index in [1.165, 1.54) is 19.2 Å². The molecule has 0 spiro atoms. The Morgan fingerprint density at radius 1 is 1.11 bits per heavy atom. The summed E-state index contributed by atoms with van der Waals surface area (Å²) in [6.07, 6.45) is 0.761. The van der Waals surface area contributed by atoms with E-state index in [0.29, 0.717) is 25.1 Å². The van der Waals surface area contributed by atoms with Gasteiger partial charge >= 0.3 is 21.6 Å². The molecule has 36 heavy (non-hydrogen) atoms. The van der Waals surface area contributed by atoms with Gasteiger partial charge in [0.15, 0.2) is 14.1 Å². The summed E-state index contributed by atoms with van der Waals surface area (Å²) >= 11 is 0. The van der Waals surface area contributed by atoms with Gasteiger partial charge in [-0.1, -0.05) is 20.8 Å². The second kappa shape index (κ2) is 11.2. The molecular formula is C23H34F3NO7SSi. The molecule has 1 aliphatic heterocycles. The van der Waals surface area contributed by atoms with Crippen molar-refractivity contribution in [1.82, 2.24) is 0 Å². The van der Waals surface area contributed by atoms with Crippen LogP contribution in [-0.4, -0.2) is 60.4 Å². The van der Waals surface area contributed by atoms with Crippen LogP contribution in [0.15, 0.2) is 18.2 Å². The molecule has 2 rings (SSSR count). The number of Topliss-reactive ketones (excluding diaryl/α,β-unsaturated/α-hetero) is 1. The Balaban J connectivity index is 2.20. The zero-order chi connectivity index (χ0) is 27.5. The van der Waals surface area contributed by atoms with E-state index >= 15 is 0 Å². The van der Waals surface area contributed by atoms with Gasteiger partial charge in [-0.25, -0.2) is 4.79 Å². The molecule has 1 aliphatic rings. The second-order valence-electron chi connectivity index (χ2n) is 10.2. The molecule has 1 heterocycles. The average Bonchev–Trinajstić information content (AvgIpc) is 2.76. The van der Waals surface area contributed by atoms with E-state index in [1.54, 1.807) is 6.07 Å². The standard InChI is InChI=1S/C23H34F3NO7SSi/c1-22(2,3)36(5,6)34-12-7-8-18-16(11-13-33-35(30,31)23(24,25)26)20(28)17-14-15(21(29)32-4)9-10-19(17)27-18/h9-10,14,16,18,27H,7-8,11-13H2,1-6H3/t16-,18-/m0/s1. The molecule has 0 fully saturated rings. The van der Waals surface area contributed by atoms with Crippen molar-refractivity contribution in [1.29, 1.82) is 0 Å². The first-order valence-corrected chi connectivity index (χ1v) is 15.9. The molecule has 1 N–H and O–H groups in total. The van der Waals surface area contributed by atoms with Crippen LogP contribution in [0.4, 0.5) is 18.9 Å². The lowest BCUT2D eigenvalue weighted by molar-refractivity contribution is -0.0544. The molecule has 1 aromatic carbocycles. The Bertz CT molecular complexity index is 1070. The first-order chi connectivity index (χ1) is 16.4. The van der Waals surface area contributed by atoms with Crippen LogP contribution in [0.1, 0.15) is 60.7 Å². The summed E-state index contributed by atoms with van der Waals surface area (Å²) < 4.78 is 75.5. The first kappa shape index (κ1) is 30.3. The van der Waals surface area contributed by atoms with Crippen LogP contribution < -0.4 is 5.32 Å². The number of anilines is 1. The van der Waals surface area contributed by atoms with Gasteiger partial charge in [0.25, 0.3) is 0 Å². The Hall–Kier alpha value is -1.96. The van der Waals surface area contributed by atoms with Gasteiger partial charge in [0, 0.05) is 29.8 Å². The number of hydrogen-bond donors (Lipinski definition) is 1. The number of carbonyl (C=O) groups excluding carboxylic acids is 2. The van der Waals surface area contributed by atoms with Crippen molar-refractivity contribution in [2.24, 2.45) is 5.92 Å². The van der Waals surface area contributed by atoms with Gasteiger partial charge in [-0.3, -0.25) is 8.98 Å². The van der Waals surface area contributed by atoms with Crippen molar-refractivity contribution >= 4 is 35.9 Å². The highest BCUT2D eigenvalue weighted by atomic mass is 32.2. The van der Waals surface area contributed by atoms with E-state index in [2.05, 4.69) is 48.1 Å². The fourth-order valence-electron chi connectivity index (χ4n) is 3.61. The normalized spacial score (nSPS) is 19.0. The maximum Gasteiger partial charge on any atom is 0.523 e. The molecule has 8 nitrogen and oxygen atoms in total.